The Bertz CT molecular complexity index is 1080. The standard InChI is InChI=1S/C25H30F2N4O4S/c1-15(29-23(34)18-8-10-25(26,27)11-9-18)22(33)31-20(12-17-6-4-3-5-7-17)21(32)24(35)28-13-19-14-36-16(2)30-19/h3-7,14-15,18,20H,8-13H2,1-2H3,(H,28,35)(H,29,34)(H,31,33)/t15-,20-/m1/s1. The van der Waals surface area contributed by atoms with Gasteiger partial charge in [0.1, 0.15) is 12.1 Å². The lowest BCUT2D eigenvalue weighted by Gasteiger charge is -2.28. The highest BCUT2D eigenvalue weighted by Crippen LogP contribution is 2.36. The first-order valence-electron chi connectivity index (χ1n) is 11.8. The molecule has 3 amide bonds. The van der Waals surface area contributed by atoms with Crippen molar-refractivity contribution in [3.8, 4) is 0 Å². The second kappa shape index (κ2) is 12.2. The first-order valence-corrected chi connectivity index (χ1v) is 12.7. The molecule has 8 nitrogen and oxygen atoms in total. The van der Waals surface area contributed by atoms with Crippen molar-refractivity contribution >= 4 is 34.8 Å². The van der Waals surface area contributed by atoms with Gasteiger partial charge in [-0.2, -0.15) is 0 Å². The third-order valence-corrected chi connectivity index (χ3v) is 6.90. The average molecular weight is 521 g/mol. The Morgan fingerprint density at radius 1 is 1.11 bits per heavy atom. The Morgan fingerprint density at radius 3 is 2.39 bits per heavy atom. The second-order valence-electron chi connectivity index (χ2n) is 9.02. The van der Waals surface area contributed by atoms with Crippen molar-refractivity contribution < 1.29 is 28.0 Å². The van der Waals surface area contributed by atoms with E-state index in [0.717, 1.165) is 10.6 Å². The van der Waals surface area contributed by atoms with Crippen molar-refractivity contribution in [2.24, 2.45) is 5.92 Å². The number of ketones is 1. The number of hydrogen-bond donors (Lipinski definition) is 3. The molecule has 1 saturated carbocycles. The SMILES string of the molecule is Cc1nc(CNC(=O)C(=O)[C@@H](Cc2ccccc2)NC(=O)[C@@H](C)NC(=O)C2CCC(F)(F)CC2)cs1. The van der Waals surface area contributed by atoms with Gasteiger partial charge < -0.3 is 16.0 Å². The van der Waals surface area contributed by atoms with Gasteiger partial charge in [-0.15, -0.1) is 11.3 Å². The zero-order valence-corrected chi connectivity index (χ0v) is 21.0. The van der Waals surface area contributed by atoms with E-state index in [1.165, 1.54) is 18.3 Å². The third-order valence-electron chi connectivity index (χ3n) is 6.08. The Balaban J connectivity index is 1.61. The second-order valence-corrected chi connectivity index (χ2v) is 10.1. The van der Waals surface area contributed by atoms with Crippen LogP contribution >= 0.6 is 11.3 Å². The molecular formula is C25H30F2N4O4S. The van der Waals surface area contributed by atoms with E-state index in [1.807, 2.05) is 6.92 Å². The fourth-order valence-electron chi connectivity index (χ4n) is 3.96. The van der Waals surface area contributed by atoms with E-state index in [9.17, 15) is 28.0 Å². The Hall–Kier alpha value is -3.21. The first-order chi connectivity index (χ1) is 17.0. The van der Waals surface area contributed by atoms with Gasteiger partial charge in [-0.1, -0.05) is 30.3 Å². The molecule has 0 unspecified atom stereocenters. The summed E-state index contributed by atoms with van der Waals surface area (Å²) < 4.78 is 26.8. The van der Waals surface area contributed by atoms with Crippen molar-refractivity contribution in [1.29, 1.82) is 0 Å². The number of nitrogens with zero attached hydrogens (tertiary/aromatic N) is 1. The maximum atomic E-state index is 13.4. The van der Waals surface area contributed by atoms with Gasteiger partial charge in [0.2, 0.25) is 23.5 Å². The molecule has 0 bridgehead atoms. The van der Waals surface area contributed by atoms with E-state index in [0.29, 0.717) is 5.69 Å². The molecule has 1 aromatic heterocycles. The number of alkyl halides is 2. The minimum Gasteiger partial charge on any atom is -0.344 e. The van der Waals surface area contributed by atoms with Gasteiger partial charge in [0.05, 0.1) is 17.2 Å². The van der Waals surface area contributed by atoms with Crippen LogP contribution < -0.4 is 16.0 Å². The van der Waals surface area contributed by atoms with Crippen LogP contribution in [0.1, 0.15) is 48.9 Å². The molecule has 3 rings (SSSR count). The Morgan fingerprint density at radius 2 is 1.78 bits per heavy atom. The topological polar surface area (TPSA) is 117 Å². The number of benzene rings is 1. The highest BCUT2D eigenvalue weighted by molar-refractivity contribution is 7.09. The minimum absolute atomic E-state index is 0.0426. The molecule has 2 aromatic rings. The van der Waals surface area contributed by atoms with E-state index in [2.05, 4.69) is 20.9 Å². The van der Waals surface area contributed by atoms with E-state index in [-0.39, 0.29) is 38.6 Å². The Labute approximate surface area is 212 Å². The summed E-state index contributed by atoms with van der Waals surface area (Å²) in [7, 11) is 0. The number of amides is 3. The maximum Gasteiger partial charge on any atom is 0.289 e. The summed E-state index contributed by atoms with van der Waals surface area (Å²) >= 11 is 1.42. The van der Waals surface area contributed by atoms with Gasteiger partial charge in [0, 0.05) is 30.6 Å². The lowest BCUT2D eigenvalue weighted by molar-refractivity contribution is -0.140. The molecule has 0 saturated heterocycles. The molecule has 1 aromatic carbocycles. The highest BCUT2D eigenvalue weighted by Gasteiger charge is 2.38. The third kappa shape index (κ3) is 7.91. The lowest BCUT2D eigenvalue weighted by atomic mass is 9.86. The molecule has 1 heterocycles. The molecule has 1 aliphatic carbocycles. The summed E-state index contributed by atoms with van der Waals surface area (Å²) in [6.45, 7) is 3.35. The quantitative estimate of drug-likeness (QED) is 0.417. The highest BCUT2D eigenvalue weighted by atomic mass is 32.1. The van der Waals surface area contributed by atoms with Crippen LogP contribution in [-0.4, -0.2) is 46.5 Å². The number of halogens is 2. The normalized spacial score (nSPS) is 17.0. The van der Waals surface area contributed by atoms with Crippen molar-refractivity contribution in [1.82, 2.24) is 20.9 Å². The van der Waals surface area contributed by atoms with E-state index >= 15 is 0 Å². The van der Waals surface area contributed by atoms with Crippen LogP contribution in [0.5, 0.6) is 0 Å². The largest absolute Gasteiger partial charge is 0.344 e. The summed E-state index contributed by atoms with van der Waals surface area (Å²) in [4.78, 5) is 55.1. The molecular weight excluding hydrogens is 490 g/mol. The molecule has 3 N–H and O–H groups in total. The fourth-order valence-corrected chi connectivity index (χ4v) is 4.57. The fraction of sp³-hybridized carbons (Fsp3) is 0.480. The van der Waals surface area contributed by atoms with Crippen molar-refractivity contribution in [3.05, 3.63) is 52.0 Å². The van der Waals surface area contributed by atoms with Crippen molar-refractivity contribution in [3.63, 3.8) is 0 Å². The molecule has 194 valence electrons. The molecule has 0 aliphatic heterocycles. The number of Topliss-reactive ketones (excluding diaryl/α,β-unsaturated/α-hetero) is 1. The van der Waals surface area contributed by atoms with Crippen LogP contribution in [0.15, 0.2) is 35.7 Å². The van der Waals surface area contributed by atoms with Gasteiger partial charge in [0.15, 0.2) is 0 Å². The van der Waals surface area contributed by atoms with Crippen LogP contribution in [0.2, 0.25) is 0 Å². The van der Waals surface area contributed by atoms with Gasteiger partial charge in [0.25, 0.3) is 5.91 Å². The van der Waals surface area contributed by atoms with Gasteiger partial charge in [-0.25, -0.2) is 13.8 Å². The predicted octanol–water partition coefficient (Wildman–Crippen LogP) is 2.69. The maximum absolute atomic E-state index is 13.4. The predicted molar refractivity (Wildman–Crippen MR) is 130 cm³/mol. The summed E-state index contributed by atoms with van der Waals surface area (Å²) in [6.07, 6.45) is -0.571. The molecule has 0 radical (unpaired) electrons. The molecule has 1 aliphatic rings. The number of carbonyl (C=O) groups is 4. The van der Waals surface area contributed by atoms with Gasteiger partial charge in [-0.3, -0.25) is 19.2 Å². The number of aryl methyl sites for hydroxylation is 1. The van der Waals surface area contributed by atoms with Gasteiger partial charge in [-0.05, 0) is 32.3 Å². The monoisotopic (exact) mass is 520 g/mol. The van der Waals surface area contributed by atoms with Crippen molar-refractivity contribution in [2.45, 2.75) is 70.5 Å². The van der Waals surface area contributed by atoms with Crippen LogP contribution in [0.25, 0.3) is 0 Å². The van der Waals surface area contributed by atoms with E-state index in [4.69, 9.17) is 0 Å². The molecule has 0 spiro atoms. The van der Waals surface area contributed by atoms with Crippen LogP contribution in [0.3, 0.4) is 0 Å². The number of carbonyl (C=O) groups excluding carboxylic acids is 4. The number of nitrogens with one attached hydrogen (secondary N) is 3. The minimum atomic E-state index is -2.76. The molecule has 1 fully saturated rings. The van der Waals surface area contributed by atoms with Crippen LogP contribution in [0.4, 0.5) is 8.78 Å². The van der Waals surface area contributed by atoms with Crippen molar-refractivity contribution in [2.75, 3.05) is 0 Å². The van der Waals surface area contributed by atoms with Gasteiger partial charge >= 0.3 is 0 Å². The number of thiazole rings is 1. The zero-order chi connectivity index (χ0) is 26.3. The summed E-state index contributed by atoms with van der Waals surface area (Å²) in [5, 5.41) is 10.3. The average Bonchev–Trinajstić information content (AvgIpc) is 3.27. The smallest absolute Gasteiger partial charge is 0.289 e. The summed E-state index contributed by atoms with van der Waals surface area (Å²) in [5.41, 5.74) is 1.36. The molecule has 36 heavy (non-hydrogen) atoms. The first kappa shape index (κ1) is 27.4. The zero-order valence-electron chi connectivity index (χ0n) is 20.2. The van der Waals surface area contributed by atoms with E-state index in [1.54, 1.807) is 35.7 Å². The Kier molecular flexibility index (Phi) is 9.25. The number of aromatic nitrogens is 1. The summed E-state index contributed by atoms with van der Waals surface area (Å²) in [6, 6.07) is 6.72. The lowest BCUT2D eigenvalue weighted by Crippen LogP contribution is -2.54. The number of hydrogen-bond acceptors (Lipinski definition) is 6. The molecule has 2 atom stereocenters. The number of rotatable bonds is 10. The molecule has 11 heteroatoms. The van der Waals surface area contributed by atoms with Crippen LogP contribution in [-0.2, 0) is 32.1 Å². The summed E-state index contributed by atoms with van der Waals surface area (Å²) in [5.74, 6) is -6.17. The van der Waals surface area contributed by atoms with E-state index < -0.39 is 47.4 Å². The van der Waals surface area contributed by atoms with Crippen LogP contribution in [0, 0.1) is 12.8 Å².